The van der Waals surface area contributed by atoms with Gasteiger partial charge in [0.15, 0.2) is 0 Å². The Bertz CT molecular complexity index is 383. The van der Waals surface area contributed by atoms with Crippen molar-refractivity contribution in [2.75, 3.05) is 13.7 Å². The predicted molar refractivity (Wildman–Crippen MR) is 76.0 cm³/mol. The third-order valence-electron chi connectivity index (χ3n) is 3.84. The fourth-order valence-electron chi connectivity index (χ4n) is 2.68. The van der Waals surface area contributed by atoms with Gasteiger partial charge in [-0.05, 0) is 25.8 Å². The first kappa shape index (κ1) is 14.0. The van der Waals surface area contributed by atoms with Crippen LogP contribution in [0.5, 0.6) is 0 Å². The first-order valence-electron chi connectivity index (χ1n) is 7.00. The van der Waals surface area contributed by atoms with E-state index in [-0.39, 0.29) is 5.60 Å². The van der Waals surface area contributed by atoms with Gasteiger partial charge >= 0.3 is 0 Å². The zero-order valence-corrected chi connectivity index (χ0v) is 12.5. The van der Waals surface area contributed by atoms with Crippen molar-refractivity contribution in [1.82, 2.24) is 10.3 Å². The summed E-state index contributed by atoms with van der Waals surface area (Å²) in [5.74, 6) is 0. The van der Waals surface area contributed by atoms with Crippen LogP contribution in [0.2, 0.25) is 0 Å². The number of nitrogens with zero attached hydrogens (tertiary/aromatic N) is 1. The average Bonchev–Trinajstić information content (AvgIpc) is 3.03. The smallest absolute Gasteiger partial charge is 0.125 e. The molecular weight excluding hydrogens is 244 g/mol. The molecule has 0 atom stereocenters. The molecule has 1 aromatic heterocycles. The van der Waals surface area contributed by atoms with Crippen molar-refractivity contribution < 1.29 is 4.74 Å². The van der Waals surface area contributed by atoms with E-state index in [1.807, 2.05) is 18.4 Å². The zero-order chi connectivity index (χ0) is 13.0. The summed E-state index contributed by atoms with van der Waals surface area (Å²) in [4.78, 5) is 6.25. The van der Waals surface area contributed by atoms with Gasteiger partial charge in [0, 0.05) is 18.5 Å². The molecule has 1 fully saturated rings. The summed E-state index contributed by atoms with van der Waals surface area (Å²) in [7, 11) is 1.84. The van der Waals surface area contributed by atoms with E-state index in [4.69, 9.17) is 9.72 Å². The highest BCUT2D eigenvalue weighted by Gasteiger charge is 2.38. The quantitative estimate of drug-likeness (QED) is 0.860. The van der Waals surface area contributed by atoms with Crippen LogP contribution in [0.25, 0.3) is 0 Å². The molecule has 0 bridgehead atoms. The van der Waals surface area contributed by atoms with Crippen LogP contribution in [0.4, 0.5) is 0 Å². The van der Waals surface area contributed by atoms with Crippen molar-refractivity contribution in [3.05, 3.63) is 15.6 Å². The Kier molecular flexibility index (Phi) is 4.76. The van der Waals surface area contributed by atoms with Gasteiger partial charge in [-0.15, -0.1) is 11.3 Å². The normalized spacial score (nSPS) is 18.4. The molecule has 2 rings (SSSR count). The standard InChI is InChI=1S/C14H24N2OS/c1-4-11-12(10-15-5-2)18-13(16-11)14(17-3)8-6-7-9-14/h15H,4-10H2,1-3H3. The van der Waals surface area contributed by atoms with Crippen LogP contribution in [0.3, 0.4) is 0 Å². The number of hydrogen-bond donors (Lipinski definition) is 1. The van der Waals surface area contributed by atoms with Gasteiger partial charge < -0.3 is 10.1 Å². The third-order valence-corrected chi connectivity index (χ3v) is 5.12. The molecule has 1 saturated carbocycles. The molecule has 0 aliphatic heterocycles. The molecule has 0 radical (unpaired) electrons. The SMILES string of the molecule is CCNCc1sc(C2(OC)CCCC2)nc1CC. The Balaban J connectivity index is 2.25. The number of thiazole rings is 1. The van der Waals surface area contributed by atoms with Gasteiger partial charge in [0.1, 0.15) is 10.6 Å². The molecule has 0 spiro atoms. The topological polar surface area (TPSA) is 34.1 Å². The van der Waals surface area contributed by atoms with Crippen LogP contribution >= 0.6 is 11.3 Å². The average molecular weight is 268 g/mol. The summed E-state index contributed by atoms with van der Waals surface area (Å²) >= 11 is 1.85. The van der Waals surface area contributed by atoms with Gasteiger partial charge in [-0.25, -0.2) is 4.98 Å². The summed E-state index contributed by atoms with van der Waals surface area (Å²) in [6.45, 7) is 6.27. The summed E-state index contributed by atoms with van der Waals surface area (Å²) in [6.07, 6.45) is 5.79. The largest absolute Gasteiger partial charge is 0.371 e. The van der Waals surface area contributed by atoms with Crippen molar-refractivity contribution in [2.24, 2.45) is 0 Å². The number of aromatic nitrogens is 1. The number of nitrogens with one attached hydrogen (secondary N) is 1. The van der Waals surface area contributed by atoms with Crippen LogP contribution < -0.4 is 5.32 Å². The second-order valence-electron chi connectivity index (χ2n) is 4.93. The third kappa shape index (κ3) is 2.60. The van der Waals surface area contributed by atoms with Crippen molar-refractivity contribution in [2.45, 2.75) is 58.1 Å². The van der Waals surface area contributed by atoms with Crippen LogP contribution in [0, 0.1) is 0 Å². The van der Waals surface area contributed by atoms with E-state index in [0.717, 1.165) is 32.4 Å². The number of hydrogen-bond acceptors (Lipinski definition) is 4. The van der Waals surface area contributed by atoms with Crippen molar-refractivity contribution >= 4 is 11.3 Å². The number of methoxy groups -OCH3 is 1. The fraction of sp³-hybridized carbons (Fsp3) is 0.786. The minimum Gasteiger partial charge on any atom is -0.371 e. The van der Waals surface area contributed by atoms with Crippen molar-refractivity contribution in [1.29, 1.82) is 0 Å². The Hall–Kier alpha value is -0.450. The lowest BCUT2D eigenvalue weighted by Gasteiger charge is -2.24. The lowest BCUT2D eigenvalue weighted by atomic mass is 10.0. The fourth-order valence-corrected chi connectivity index (χ4v) is 4.03. The summed E-state index contributed by atoms with van der Waals surface area (Å²) in [5.41, 5.74) is 1.17. The summed E-state index contributed by atoms with van der Waals surface area (Å²) in [6, 6.07) is 0. The van der Waals surface area contributed by atoms with E-state index in [9.17, 15) is 0 Å². The van der Waals surface area contributed by atoms with Gasteiger partial charge in [0.2, 0.25) is 0 Å². The molecule has 0 amide bonds. The minimum atomic E-state index is -0.0843. The van der Waals surface area contributed by atoms with Crippen LogP contribution in [0.15, 0.2) is 0 Å². The van der Waals surface area contributed by atoms with E-state index < -0.39 is 0 Å². The van der Waals surface area contributed by atoms with E-state index in [2.05, 4.69) is 19.2 Å². The molecule has 102 valence electrons. The Labute approximate surface area is 114 Å². The number of rotatable bonds is 6. The molecule has 0 aromatic carbocycles. The Morgan fingerprint density at radius 2 is 2.06 bits per heavy atom. The summed E-state index contributed by atoms with van der Waals surface area (Å²) in [5, 5.41) is 4.60. The summed E-state index contributed by atoms with van der Waals surface area (Å²) < 4.78 is 5.83. The minimum absolute atomic E-state index is 0.0843. The van der Waals surface area contributed by atoms with Crippen LogP contribution in [0.1, 0.15) is 55.1 Å². The molecular formula is C14H24N2OS. The highest BCUT2D eigenvalue weighted by atomic mass is 32.1. The first-order chi connectivity index (χ1) is 8.75. The number of ether oxygens (including phenoxy) is 1. The maximum Gasteiger partial charge on any atom is 0.125 e. The van der Waals surface area contributed by atoms with E-state index in [1.54, 1.807) is 0 Å². The second-order valence-corrected chi connectivity index (χ2v) is 6.01. The van der Waals surface area contributed by atoms with E-state index in [0.29, 0.717) is 0 Å². The molecule has 18 heavy (non-hydrogen) atoms. The van der Waals surface area contributed by atoms with Crippen molar-refractivity contribution in [3.63, 3.8) is 0 Å². The second kappa shape index (κ2) is 6.13. The molecule has 0 saturated heterocycles. The van der Waals surface area contributed by atoms with Crippen LogP contribution in [-0.4, -0.2) is 18.6 Å². The molecule has 4 heteroatoms. The Morgan fingerprint density at radius 1 is 1.33 bits per heavy atom. The van der Waals surface area contributed by atoms with Gasteiger partial charge in [-0.3, -0.25) is 0 Å². The molecule has 0 unspecified atom stereocenters. The van der Waals surface area contributed by atoms with Crippen molar-refractivity contribution in [3.8, 4) is 0 Å². The lowest BCUT2D eigenvalue weighted by molar-refractivity contribution is -0.00895. The molecule has 1 N–H and O–H groups in total. The molecule has 1 aliphatic rings. The first-order valence-corrected chi connectivity index (χ1v) is 7.82. The lowest BCUT2D eigenvalue weighted by Crippen LogP contribution is -2.24. The van der Waals surface area contributed by atoms with E-state index >= 15 is 0 Å². The van der Waals surface area contributed by atoms with Gasteiger partial charge in [0.05, 0.1) is 5.69 Å². The molecule has 1 heterocycles. The molecule has 1 aliphatic carbocycles. The van der Waals surface area contributed by atoms with Crippen LogP contribution in [-0.2, 0) is 23.3 Å². The maximum atomic E-state index is 5.83. The Morgan fingerprint density at radius 3 is 2.61 bits per heavy atom. The highest BCUT2D eigenvalue weighted by Crippen LogP contribution is 2.43. The molecule has 3 nitrogen and oxygen atoms in total. The molecule has 1 aromatic rings. The van der Waals surface area contributed by atoms with Gasteiger partial charge in [0.25, 0.3) is 0 Å². The number of aryl methyl sites for hydroxylation is 1. The maximum absolute atomic E-state index is 5.83. The van der Waals surface area contributed by atoms with Gasteiger partial charge in [-0.1, -0.05) is 26.7 Å². The predicted octanol–water partition coefficient (Wildman–Crippen LogP) is 3.23. The zero-order valence-electron chi connectivity index (χ0n) is 11.7. The van der Waals surface area contributed by atoms with Gasteiger partial charge in [-0.2, -0.15) is 0 Å². The highest BCUT2D eigenvalue weighted by molar-refractivity contribution is 7.11. The monoisotopic (exact) mass is 268 g/mol. The van der Waals surface area contributed by atoms with E-state index in [1.165, 1.54) is 28.4 Å².